The molecule has 5 rings (SSSR count). The van der Waals surface area contributed by atoms with Crippen molar-refractivity contribution in [2.45, 2.75) is 0 Å². The van der Waals surface area contributed by atoms with Gasteiger partial charge < -0.3 is 11.1 Å². The predicted molar refractivity (Wildman–Crippen MR) is 131 cm³/mol. The van der Waals surface area contributed by atoms with Gasteiger partial charge in [-0.1, -0.05) is 29.8 Å². The second-order valence-corrected chi connectivity index (χ2v) is 7.98. The number of carbonyl (C=O) groups excluding carboxylic acids is 1. The molecule has 2 heterocycles. The number of nitrogens with one attached hydrogen (secondary N) is 1. The van der Waals surface area contributed by atoms with E-state index in [0.717, 1.165) is 22.1 Å². The predicted octanol–water partition coefficient (Wildman–Crippen LogP) is 5.99. The second kappa shape index (κ2) is 8.88. The summed E-state index contributed by atoms with van der Waals surface area (Å²) in [4.78, 5) is 25.2. The number of primary amides is 1. The molecule has 0 radical (unpaired) electrons. The van der Waals surface area contributed by atoms with Gasteiger partial charge >= 0.3 is 0 Å². The van der Waals surface area contributed by atoms with Crippen molar-refractivity contribution in [3.8, 4) is 22.5 Å². The van der Waals surface area contributed by atoms with Gasteiger partial charge in [-0.05, 0) is 65.7 Å². The Morgan fingerprint density at radius 2 is 1.74 bits per heavy atom. The fourth-order valence-corrected chi connectivity index (χ4v) is 3.77. The first kappa shape index (κ1) is 21.5. The van der Waals surface area contributed by atoms with Gasteiger partial charge in [0.05, 0.1) is 10.5 Å². The fraction of sp³-hybridized carbons (Fsp3) is 0. The highest BCUT2D eigenvalue weighted by molar-refractivity contribution is 6.31. The zero-order valence-electron chi connectivity index (χ0n) is 17.7. The summed E-state index contributed by atoms with van der Waals surface area (Å²) in [6.45, 7) is 0. The lowest BCUT2D eigenvalue weighted by molar-refractivity contribution is 0.100. The summed E-state index contributed by atoms with van der Waals surface area (Å²) in [6, 6.07) is 20.9. The maximum Gasteiger partial charge on any atom is 0.248 e. The number of hydrogen-bond acceptors (Lipinski definition) is 5. The number of hydrogen-bond donors (Lipinski definition) is 2. The topological polar surface area (TPSA) is 93.8 Å². The first-order valence-electron chi connectivity index (χ1n) is 10.3. The number of halogens is 2. The molecule has 0 spiro atoms. The van der Waals surface area contributed by atoms with Gasteiger partial charge in [-0.25, -0.2) is 14.4 Å². The van der Waals surface area contributed by atoms with E-state index in [4.69, 9.17) is 27.3 Å². The fourth-order valence-electron chi connectivity index (χ4n) is 3.59. The van der Waals surface area contributed by atoms with E-state index in [1.807, 2.05) is 36.4 Å². The van der Waals surface area contributed by atoms with E-state index in [0.29, 0.717) is 28.4 Å². The van der Waals surface area contributed by atoms with E-state index in [1.54, 1.807) is 36.7 Å². The third-order valence-corrected chi connectivity index (χ3v) is 5.57. The smallest absolute Gasteiger partial charge is 0.248 e. The van der Waals surface area contributed by atoms with Crippen LogP contribution in [0.15, 0.2) is 85.2 Å². The lowest BCUT2D eigenvalue weighted by Crippen LogP contribution is -2.10. The van der Waals surface area contributed by atoms with E-state index >= 15 is 0 Å². The third-order valence-electron chi connectivity index (χ3n) is 5.28. The molecule has 3 aromatic carbocycles. The number of fused-ring (bicyclic) bond motifs is 1. The molecule has 1 amide bonds. The van der Waals surface area contributed by atoms with Crippen LogP contribution in [-0.4, -0.2) is 20.9 Å². The Morgan fingerprint density at radius 3 is 2.50 bits per heavy atom. The summed E-state index contributed by atoms with van der Waals surface area (Å²) >= 11 is 5.96. The monoisotopic (exact) mass is 469 g/mol. The number of rotatable bonds is 5. The number of anilines is 2. The van der Waals surface area contributed by atoms with Crippen LogP contribution in [0.3, 0.4) is 0 Å². The van der Waals surface area contributed by atoms with Gasteiger partial charge in [0.2, 0.25) is 5.91 Å². The molecule has 0 aliphatic rings. The molecule has 0 bridgehead atoms. The number of amides is 1. The van der Waals surface area contributed by atoms with Crippen molar-refractivity contribution < 1.29 is 9.18 Å². The second-order valence-electron chi connectivity index (χ2n) is 7.57. The highest BCUT2D eigenvalue weighted by Crippen LogP contribution is 2.32. The molecular weight excluding hydrogens is 453 g/mol. The Hall–Kier alpha value is -4.36. The lowest BCUT2D eigenvalue weighted by Gasteiger charge is -2.13. The van der Waals surface area contributed by atoms with Crippen LogP contribution < -0.4 is 11.1 Å². The maximum atomic E-state index is 13.6. The zero-order valence-corrected chi connectivity index (χ0v) is 18.4. The summed E-state index contributed by atoms with van der Waals surface area (Å²) in [7, 11) is 0. The Bertz CT molecular complexity index is 1540. The number of nitrogens with zero attached hydrogens (tertiary/aromatic N) is 3. The van der Waals surface area contributed by atoms with Crippen molar-refractivity contribution in [3.05, 3.63) is 102 Å². The minimum Gasteiger partial charge on any atom is -0.366 e. The van der Waals surface area contributed by atoms with Crippen molar-refractivity contribution in [1.82, 2.24) is 15.0 Å². The van der Waals surface area contributed by atoms with Crippen LogP contribution in [0.5, 0.6) is 0 Å². The standard InChI is InChI=1S/C26H17ClFN5O/c27-21-13-19(7-9-22(21)28)31-26-20-8-6-16(15-3-1-4-17(11-15)24(29)34)12-23(20)32-25(33-26)18-5-2-10-30-14-18/h1-14H,(H2,29,34)(H,31,32,33). The van der Waals surface area contributed by atoms with Crippen LogP contribution in [0.1, 0.15) is 10.4 Å². The molecule has 34 heavy (non-hydrogen) atoms. The summed E-state index contributed by atoms with van der Waals surface area (Å²) in [5.74, 6) is 0.00947. The first-order valence-corrected chi connectivity index (χ1v) is 10.7. The van der Waals surface area contributed by atoms with Crippen molar-refractivity contribution in [3.63, 3.8) is 0 Å². The van der Waals surface area contributed by atoms with Gasteiger partial charge in [0, 0.05) is 34.6 Å². The molecule has 5 aromatic rings. The number of nitrogens with two attached hydrogens (primary N) is 1. The number of carbonyl (C=O) groups is 1. The van der Waals surface area contributed by atoms with Crippen LogP contribution in [0, 0.1) is 5.82 Å². The highest BCUT2D eigenvalue weighted by Gasteiger charge is 2.13. The van der Waals surface area contributed by atoms with Crippen LogP contribution in [-0.2, 0) is 0 Å². The van der Waals surface area contributed by atoms with Gasteiger partial charge in [0.15, 0.2) is 5.82 Å². The molecule has 166 valence electrons. The number of benzene rings is 3. The van der Waals surface area contributed by atoms with Crippen molar-refractivity contribution in [2.24, 2.45) is 5.73 Å². The summed E-state index contributed by atoms with van der Waals surface area (Å²) in [6.07, 6.45) is 3.36. The van der Waals surface area contributed by atoms with Crippen LogP contribution in [0.2, 0.25) is 5.02 Å². The molecule has 8 heteroatoms. The SMILES string of the molecule is NC(=O)c1cccc(-c2ccc3c(Nc4ccc(F)c(Cl)c4)nc(-c4cccnc4)nc3c2)c1. The molecule has 2 aromatic heterocycles. The maximum absolute atomic E-state index is 13.6. The normalized spacial score (nSPS) is 10.9. The van der Waals surface area contributed by atoms with E-state index in [1.165, 1.54) is 12.1 Å². The Morgan fingerprint density at radius 1 is 0.912 bits per heavy atom. The van der Waals surface area contributed by atoms with E-state index in [2.05, 4.69) is 10.3 Å². The summed E-state index contributed by atoms with van der Waals surface area (Å²) < 4.78 is 13.6. The lowest BCUT2D eigenvalue weighted by atomic mass is 10.0. The van der Waals surface area contributed by atoms with Crippen LogP contribution in [0.25, 0.3) is 33.4 Å². The number of pyridine rings is 1. The van der Waals surface area contributed by atoms with E-state index < -0.39 is 11.7 Å². The number of aromatic nitrogens is 3. The molecule has 3 N–H and O–H groups in total. The largest absolute Gasteiger partial charge is 0.366 e. The van der Waals surface area contributed by atoms with Gasteiger partial charge in [-0.3, -0.25) is 9.78 Å². The average Bonchev–Trinajstić information content (AvgIpc) is 2.86. The summed E-state index contributed by atoms with van der Waals surface area (Å²) in [5.41, 5.74) is 9.56. The molecule has 0 aliphatic carbocycles. The van der Waals surface area contributed by atoms with Gasteiger partial charge in [0.25, 0.3) is 0 Å². The molecule has 6 nitrogen and oxygen atoms in total. The Kier molecular flexibility index (Phi) is 5.61. The minimum atomic E-state index is -0.501. The molecule has 0 aliphatic heterocycles. The van der Waals surface area contributed by atoms with Crippen LogP contribution in [0.4, 0.5) is 15.9 Å². The molecule has 0 saturated heterocycles. The highest BCUT2D eigenvalue weighted by atomic mass is 35.5. The van der Waals surface area contributed by atoms with Gasteiger partial charge in [0.1, 0.15) is 11.6 Å². The van der Waals surface area contributed by atoms with Gasteiger partial charge in [-0.2, -0.15) is 0 Å². The molecule has 0 fully saturated rings. The minimum absolute atomic E-state index is 0.00691. The Balaban J connectivity index is 1.66. The first-order chi connectivity index (χ1) is 16.5. The molecule has 0 saturated carbocycles. The van der Waals surface area contributed by atoms with Crippen molar-refractivity contribution in [2.75, 3.05) is 5.32 Å². The third kappa shape index (κ3) is 4.29. The molecular formula is C26H17ClFN5O. The molecule has 0 unspecified atom stereocenters. The van der Waals surface area contributed by atoms with E-state index in [9.17, 15) is 9.18 Å². The van der Waals surface area contributed by atoms with Gasteiger partial charge in [-0.15, -0.1) is 0 Å². The Labute approximate surface area is 199 Å². The van der Waals surface area contributed by atoms with E-state index in [-0.39, 0.29) is 5.02 Å². The summed E-state index contributed by atoms with van der Waals surface area (Å²) in [5, 5.41) is 3.98. The van der Waals surface area contributed by atoms with Crippen molar-refractivity contribution in [1.29, 1.82) is 0 Å². The quantitative estimate of drug-likeness (QED) is 0.329. The van der Waals surface area contributed by atoms with Crippen molar-refractivity contribution >= 4 is 39.9 Å². The zero-order chi connectivity index (χ0) is 23.7. The van der Waals surface area contributed by atoms with Crippen LogP contribution >= 0.6 is 11.6 Å². The molecule has 0 atom stereocenters. The average molecular weight is 470 g/mol.